The summed E-state index contributed by atoms with van der Waals surface area (Å²) in [4.78, 5) is 39.0. The Bertz CT molecular complexity index is 856. The molecule has 1 aliphatic heterocycles. The Hall–Kier alpha value is -3.15. The molecule has 6 heteroatoms. The van der Waals surface area contributed by atoms with Gasteiger partial charge in [-0.05, 0) is 29.5 Å². The van der Waals surface area contributed by atoms with E-state index in [-0.39, 0.29) is 30.7 Å². The number of rotatable bonds is 6. The number of nitrogens with zero attached hydrogens (tertiary/aromatic N) is 2. The number of likely N-dealkylation sites (N-methyl/N-ethyl adjacent to an activating group) is 1. The molecule has 0 atom stereocenters. The first-order chi connectivity index (χ1) is 13.9. The van der Waals surface area contributed by atoms with Gasteiger partial charge < -0.3 is 14.9 Å². The third-order valence-corrected chi connectivity index (χ3v) is 5.41. The Morgan fingerprint density at radius 2 is 1.55 bits per heavy atom. The molecule has 0 unspecified atom stereocenters. The quantitative estimate of drug-likeness (QED) is 0.817. The van der Waals surface area contributed by atoms with Gasteiger partial charge >= 0.3 is 5.97 Å². The number of likely N-dealkylation sites (tertiary alicyclic amines) is 1. The van der Waals surface area contributed by atoms with Crippen LogP contribution in [-0.2, 0) is 20.8 Å². The zero-order chi connectivity index (χ0) is 20.8. The van der Waals surface area contributed by atoms with Crippen LogP contribution in [0, 0.1) is 5.92 Å². The third kappa shape index (κ3) is 5.44. The van der Waals surface area contributed by atoms with Gasteiger partial charge in [-0.1, -0.05) is 54.6 Å². The maximum Gasteiger partial charge on any atom is 0.306 e. The van der Waals surface area contributed by atoms with E-state index in [9.17, 15) is 14.4 Å². The van der Waals surface area contributed by atoms with Gasteiger partial charge in [0.25, 0.3) is 0 Å². The summed E-state index contributed by atoms with van der Waals surface area (Å²) in [5.41, 5.74) is 3.12. The van der Waals surface area contributed by atoms with Crippen LogP contribution in [0.2, 0.25) is 0 Å². The molecule has 1 saturated heterocycles. The van der Waals surface area contributed by atoms with Crippen molar-refractivity contribution in [3.63, 3.8) is 0 Å². The summed E-state index contributed by atoms with van der Waals surface area (Å²) in [7, 11) is 1.63. The fraction of sp³-hybridized carbons (Fsp3) is 0.348. The molecule has 3 rings (SSSR count). The van der Waals surface area contributed by atoms with Crippen LogP contribution in [0.1, 0.15) is 18.4 Å². The van der Waals surface area contributed by atoms with Crippen LogP contribution in [0.3, 0.4) is 0 Å². The molecule has 0 spiro atoms. The lowest BCUT2D eigenvalue weighted by Gasteiger charge is -2.31. The predicted octanol–water partition coefficient (Wildman–Crippen LogP) is 2.68. The smallest absolute Gasteiger partial charge is 0.306 e. The highest BCUT2D eigenvalue weighted by Crippen LogP contribution is 2.20. The SMILES string of the molecule is CN(CC(=O)N1CCC(C(=O)O)CC1)C(=O)Cc1ccc(-c2ccccc2)cc1. The lowest BCUT2D eigenvalue weighted by Crippen LogP contribution is -2.45. The van der Waals surface area contributed by atoms with Crippen molar-refractivity contribution in [3.8, 4) is 11.1 Å². The average Bonchev–Trinajstić information content (AvgIpc) is 2.74. The molecule has 1 heterocycles. The molecular formula is C23H26N2O4. The Morgan fingerprint density at radius 1 is 0.966 bits per heavy atom. The minimum Gasteiger partial charge on any atom is -0.481 e. The van der Waals surface area contributed by atoms with Crippen LogP contribution in [-0.4, -0.2) is 59.4 Å². The molecular weight excluding hydrogens is 368 g/mol. The zero-order valence-electron chi connectivity index (χ0n) is 16.6. The summed E-state index contributed by atoms with van der Waals surface area (Å²) in [5.74, 6) is -1.43. The summed E-state index contributed by atoms with van der Waals surface area (Å²) in [6.07, 6.45) is 1.17. The van der Waals surface area contributed by atoms with Gasteiger partial charge in [0.2, 0.25) is 11.8 Å². The van der Waals surface area contributed by atoms with E-state index in [2.05, 4.69) is 0 Å². The lowest BCUT2D eigenvalue weighted by molar-refractivity contribution is -0.146. The number of carbonyl (C=O) groups excluding carboxylic acids is 2. The second kappa shape index (κ2) is 9.37. The van der Waals surface area contributed by atoms with Crippen LogP contribution in [0.4, 0.5) is 0 Å². The minimum atomic E-state index is -0.803. The first kappa shape index (κ1) is 20.6. The second-order valence-electron chi connectivity index (χ2n) is 7.48. The van der Waals surface area contributed by atoms with Crippen molar-refractivity contribution in [1.82, 2.24) is 9.80 Å². The first-order valence-electron chi connectivity index (χ1n) is 9.83. The van der Waals surface area contributed by atoms with Crippen molar-refractivity contribution in [2.75, 3.05) is 26.7 Å². The van der Waals surface area contributed by atoms with Crippen molar-refractivity contribution >= 4 is 17.8 Å². The fourth-order valence-corrected chi connectivity index (χ4v) is 3.52. The van der Waals surface area contributed by atoms with Crippen molar-refractivity contribution < 1.29 is 19.5 Å². The molecule has 0 saturated carbocycles. The van der Waals surface area contributed by atoms with Crippen molar-refractivity contribution in [2.24, 2.45) is 5.92 Å². The van der Waals surface area contributed by atoms with E-state index in [1.807, 2.05) is 54.6 Å². The maximum atomic E-state index is 12.5. The van der Waals surface area contributed by atoms with Crippen molar-refractivity contribution in [3.05, 3.63) is 60.2 Å². The van der Waals surface area contributed by atoms with Gasteiger partial charge in [0.15, 0.2) is 0 Å². The Kier molecular flexibility index (Phi) is 6.65. The minimum absolute atomic E-state index is 0.0126. The molecule has 2 aromatic rings. The molecule has 0 bridgehead atoms. The first-order valence-corrected chi connectivity index (χ1v) is 9.83. The fourth-order valence-electron chi connectivity index (χ4n) is 3.52. The summed E-state index contributed by atoms with van der Waals surface area (Å²) in [6, 6.07) is 17.9. The Morgan fingerprint density at radius 3 is 2.14 bits per heavy atom. The Balaban J connectivity index is 1.50. The number of carbonyl (C=O) groups is 3. The van der Waals surface area contributed by atoms with E-state index in [4.69, 9.17) is 5.11 Å². The van der Waals surface area contributed by atoms with E-state index < -0.39 is 5.97 Å². The van der Waals surface area contributed by atoms with Crippen LogP contribution in [0.15, 0.2) is 54.6 Å². The standard InChI is InChI=1S/C23H26N2O4/c1-24(16-22(27)25-13-11-20(12-14-25)23(28)29)21(26)15-17-7-9-19(10-8-17)18-5-3-2-4-6-18/h2-10,20H,11-16H2,1H3,(H,28,29). The van der Waals surface area contributed by atoms with Gasteiger partial charge in [-0.2, -0.15) is 0 Å². The highest BCUT2D eigenvalue weighted by atomic mass is 16.4. The van der Waals surface area contributed by atoms with Gasteiger partial charge in [-0.15, -0.1) is 0 Å². The molecule has 0 radical (unpaired) electrons. The van der Waals surface area contributed by atoms with Gasteiger partial charge in [-0.25, -0.2) is 0 Å². The number of amides is 2. The number of aliphatic carboxylic acids is 1. The molecule has 1 N–H and O–H groups in total. The van der Waals surface area contributed by atoms with Crippen LogP contribution in [0.5, 0.6) is 0 Å². The topological polar surface area (TPSA) is 77.9 Å². The number of piperidine rings is 1. The average molecular weight is 394 g/mol. The molecule has 152 valence electrons. The number of carboxylic acids is 1. The summed E-state index contributed by atoms with van der Waals surface area (Å²) >= 11 is 0. The highest BCUT2D eigenvalue weighted by molar-refractivity contribution is 5.86. The largest absolute Gasteiger partial charge is 0.481 e. The van der Waals surface area contributed by atoms with E-state index in [1.54, 1.807) is 11.9 Å². The van der Waals surface area contributed by atoms with Crippen LogP contribution < -0.4 is 0 Å². The van der Waals surface area contributed by atoms with E-state index in [1.165, 1.54) is 4.90 Å². The maximum absolute atomic E-state index is 12.5. The number of hydrogen-bond acceptors (Lipinski definition) is 3. The third-order valence-electron chi connectivity index (χ3n) is 5.41. The van der Waals surface area contributed by atoms with Crippen LogP contribution >= 0.6 is 0 Å². The predicted molar refractivity (Wildman–Crippen MR) is 110 cm³/mol. The van der Waals surface area contributed by atoms with Crippen molar-refractivity contribution in [2.45, 2.75) is 19.3 Å². The monoisotopic (exact) mass is 394 g/mol. The molecule has 2 amide bonds. The number of hydrogen-bond donors (Lipinski definition) is 1. The summed E-state index contributed by atoms with van der Waals surface area (Å²) in [6.45, 7) is 0.871. The van der Waals surface area contributed by atoms with E-state index in [0.717, 1.165) is 16.7 Å². The van der Waals surface area contributed by atoms with E-state index >= 15 is 0 Å². The second-order valence-corrected chi connectivity index (χ2v) is 7.48. The zero-order valence-corrected chi connectivity index (χ0v) is 16.6. The van der Waals surface area contributed by atoms with Gasteiger partial charge in [0, 0.05) is 20.1 Å². The van der Waals surface area contributed by atoms with Gasteiger partial charge in [0.1, 0.15) is 0 Å². The van der Waals surface area contributed by atoms with Gasteiger partial charge in [-0.3, -0.25) is 14.4 Å². The molecule has 0 aliphatic carbocycles. The molecule has 29 heavy (non-hydrogen) atoms. The van der Waals surface area contributed by atoms with E-state index in [0.29, 0.717) is 25.9 Å². The summed E-state index contributed by atoms with van der Waals surface area (Å²) in [5, 5.41) is 9.05. The molecule has 0 aromatic heterocycles. The van der Waals surface area contributed by atoms with Gasteiger partial charge in [0.05, 0.1) is 18.9 Å². The number of benzene rings is 2. The summed E-state index contributed by atoms with van der Waals surface area (Å²) < 4.78 is 0. The molecule has 6 nitrogen and oxygen atoms in total. The lowest BCUT2D eigenvalue weighted by atomic mass is 9.97. The highest BCUT2D eigenvalue weighted by Gasteiger charge is 2.27. The normalized spacial score (nSPS) is 14.4. The van der Waals surface area contributed by atoms with Crippen LogP contribution in [0.25, 0.3) is 11.1 Å². The number of carboxylic acid groups (broad SMARTS) is 1. The molecule has 1 fully saturated rings. The van der Waals surface area contributed by atoms with Crippen molar-refractivity contribution in [1.29, 1.82) is 0 Å². The molecule has 1 aliphatic rings. The molecule has 2 aromatic carbocycles. The Labute approximate surface area is 170 Å².